The predicted molar refractivity (Wildman–Crippen MR) is 83.4 cm³/mol. The number of halogens is 1. The lowest BCUT2D eigenvalue weighted by Gasteiger charge is -2.19. The third-order valence-electron chi connectivity index (χ3n) is 2.51. The van der Waals surface area contributed by atoms with Crippen molar-refractivity contribution in [2.24, 2.45) is 0 Å². The van der Waals surface area contributed by atoms with Crippen molar-refractivity contribution in [1.29, 1.82) is 0 Å². The van der Waals surface area contributed by atoms with Gasteiger partial charge in [-0.15, -0.1) is 0 Å². The molecule has 0 fully saturated rings. The van der Waals surface area contributed by atoms with E-state index in [0.717, 1.165) is 4.47 Å². The number of rotatable bonds is 1. The van der Waals surface area contributed by atoms with Gasteiger partial charge < -0.3 is 10.1 Å². The predicted octanol–water partition coefficient (Wildman–Crippen LogP) is 3.54. The Morgan fingerprint density at radius 1 is 1.38 bits per heavy atom. The molecule has 2 aromatic heterocycles. The molecule has 0 aromatic carbocycles. The molecule has 1 amide bonds. The van der Waals surface area contributed by atoms with E-state index in [4.69, 9.17) is 4.74 Å². The molecule has 0 aliphatic carbocycles. The molecule has 0 aliphatic heterocycles. The first kappa shape index (κ1) is 15.5. The van der Waals surface area contributed by atoms with Crippen LogP contribution in [0.15, 0.2) is 22.9 Å². The fraction of sp³-hybridized carbons (Fsp3) is 0.357. The van der Waals surface area contributed by atoms with E-state index in [9.17, 15) is 9.59 Å². The van der Waals surface area contributed by atoms with E-state index < -0.39 is 11.7 Å². The Balaban J connectivity index is 2.54. The van der Waals surface area contributed by atoms with Gasteiger partial charge in [0, 0.05) is 29.2 Å². The molecule has 0 spiro atoms. The van der Waals surface area contributed by atoms with Gasteiger partial charge in [-0.05, 0) is 42.8 Å². The summed E-state index contributed by atoms with van der Waals surface area (Å²) in [6.07, 6.45) is 2.55. The van der Waals surface area contributed by atoms with E-state index in [2.05, 4.69) is 26.2 Å². The van der Waals surface area contributed by atoms with Crippen LogP contribution >= 0.6 is 15.9 Å². The van der Waals surface area contributed by atoms with Crippen LogP contribution in [0, 0.1) is 0 Å². The zero-order valence-electron chi connectivity index (χ0n) is 12.2. The van der Waals surface area contributed by atoms with Crippen molar-refractivity contribution in [1.82, 2.24) is 9.55 Å². The molecule has 6 nitrogen and oxygen atoms in total. The van der Waals surface area contributed by atoms with Crippen LogP contribution in [0.4, 0.5) is 10.5 Å². The Labute approximate surface area is 130 Å². The normalized spacial score (nSPS) is 11.5. The first-order valence-corrected chi connectivity index (χ1v) is 7.14. The topological polar surface area (TPSA) is 73.2 Å². The van der Waals surface area contributed by atoms with E-state index in [1.807, 2.05) is 0 Å². The number of hydrogen-bond acceptors (Lipinski definition) is 4. The number of carbonyl (C=O) groups is 2. The van der Waals surface area contributed by atoms with Crippen molar-refractivity contribution < 1.29 is 14.3 Å². The Bertz CT molecular complexity index is 716. The quantitative estimate of drug-likeness (QED) is 0.850. The van der Waals surface area contributed by atoms with Crippen LogP contribution in [0.3, 0.4) is 0 Å². The van der Waals surface area contributed by atoms with Crippen molar-refractivity contribution in [3.63, 3.8) is 0 Å². The SMILES string of the molecule is CC(=O)Nc1cn(C(=O)OC(C)(C)C)c2ncc(Br)cc12. The number of aromatic nitrogens is 2. The summed E-state index contributed by atoms with van der Waals surface area (Å²) in [7, 11) is 0. The van der Waals surface area contributed by atoms with Gasteiger partial charge in [0.1, 0.15) is 5.60 Å². The molecule has 1 N–H and O–H groups in total. The highest BCUT2D eigenvalue weighted by Crippen LogP contribution is 2.28. The van der Waals surface area contributed by atoms with Crippen LogP contribution in [-0.2, 0) is 9.53 Å². The van der Waals surface area contributed by atoms with E-state index >= 15 is 0 Å². The van der Waals surface area contributed by atoms with Gasteiger partial charge in [-0.3, -0.25) is 4.79 Å². The average Bonchev–Trinajstić information content (AvgIpc) is 2.65. The lowest BCUT2D eigenvalue weighted by atomic mass is 10.2. The third kappa shape index (κ3) is 3.60. The Kier molecular flexibility index (Phi) is 4.04. The number of carbonyl (C=O) groups excluding carboxylic acids is 2. The molecule has 112 valence electrons. The highest BCUT2D eigenvalue weighted by molar-refractivity contribution is 9.10. The van der Waals surface area contributed by atoms with Gasteiger partial charge in [0.15, 0.2) is 5.65 Å². The lowest BCUT2D eigenvalue weighted by Crippen LogP contribution is -2.26. The lowest BCUT2D eigenvalue weighted by molar-refractivity contribution is -0.114. The highest BCUT2D eigenvalue weighted by Gasteiger charge is 2.21. The van der Waals surface area contributed by atoms with Crippen molar-refractivity contribution in [2.75, 3.05) is 5.32 Å². The van der Waals surface area contributed by atoms with Crippen molar-refractivity contribution in [3.05, 3.63) is 22.9 Å². The number of hydrogen-bond donors (Lipinski definition) is 1. The summed E-state index contributed by atoms with van der Waals surface area (Å²) in [6, 6.07) is 1.79. The number of nitrogens with one attached hydrogen (secondary N) is 1. The van der Waals surface area contributed by atoms with E-state index in [1.165, 1.54) is 17.7 Å². The summed E-state index contributed by atoms with van der Waals surface area (Å²) in [5.41, 5.74) is 0.324. The van der Waals surface area contributed by atoms with E-state index in [1.54, 1.807) is 33.0 Å². The van der Waals surface area contributed by atoms with Gasteiger partial charge in [-0.1, -0.05) is 0 Å². The molecule has 2 aromatic rings. The molecule has 0 bridgehead atoms. The van der Waals surface area contributed by atoms with Gasteiger partial charge in [-0.2, -0.15) is 0 Å². The molecule has 0 saturated carbocycles. The van der Waals surface area contributed by atoms with Crippen LogP contribution in [-0.4, -0.2) is 27.2 Å². The summed E-state index contributed by atoms with van der Waals surface area (Å²) in [4.78, 5) is 27.7. The fourth-order valence-electron chi connectivity index (χ4n) is 1.82. The van der Waals surface area contributed by atoms with Crippen LogP contribution in [0.2, 0.25) is 0 Å². The Morgan fingerprint density at radius 3 is 2.62 bits per heavy atom. The molecule has 0 unspecified atom stereocenters. The maximum atomic E-state index is 12.2. The van der Waals surface area contributed by atoms with Gasteiger partial charge in [0.25, 0.3) is 0 Å². The Morgan fingerprint density at radius 2 is 2.05 bits per heavy atom. The molecule has 0 radical (unpaired) electrons. The van der Waals surface area contributed by atoms with Crippen molar-refractivity contribution in [3.8, 4) is 0 Å². The summed E-state index contributed by atoms with van der Waals surface area (Å²) < 4.78 is 7.38. The molecule has 0 aliphatic rings. The van der Waals surface area contributed by atoms with E-state index in [-0.39, 0.29) is 5.91 Å². The standard InChI is InChI=1S/C14H16BrN3O3/c1-8(19)17-11-7-18(13(20)21-14(2,3)4)12-10(11)5-9(15)6-16-12/h5-7H,1-4H3,(H,17,19). The maximum Gasteiger partial charge on any atom is 0.420 e. The summed E-state index contributed by atoms with van der Waals surface area (Å²) in [5, 5.41) is 3.34. The molecule has 7 heteroatoms. The maximum absolute atomic E-state index is 12.2. The smallest absolute Gasteiger partial charge is 0.420 e. The fourth-order valence-corrected chi connectivity index (χ4v) is 2.15. The first-order chi connectivity index (χ1) is 9.67. The summed E-state index contributed by atoms with van der Waals surface area (Å²) in [5.74, 6) is -0.224. The average molecular weight is 354 g/mol. The highest BCUT2D eigenvalue weighted by atomic mass is 79.9. The Hall–Kier alpha value is -1.89. The largest absolute Gasteiger partial charge is 0.443 e. The molecule has 21 heavy (non-hydrogen) atoms. The minimum atomic E-state index is -0.614. The van der Waals surface area contributed by atoms with Gasteiger partial charge >= 0.3 is 6.09 Å². The molecule has 0 atom stereocenters. The molecule has 0 saturated heterocycles. The number of fused-ring (bicyclic) bond motifs is 1. The van der Waals surface area contributed by atoms with Gasteiger partial charge in [0.2, 0.25) is 5.91 Å². The number of amides is 1. The molecule has 2 heterocycles. The number of nitrogens with zero attached hydrogens (tertiary/aromatic N) is 2. The van der Waals surface area contributed by atoms with Crippen LogP contribution < -0.4 is 5.32 Å². The zero-order valence-corrected chi connectivity index (χ0v) is 13.8. The second kappa shape index (κ2) is 5.48. The molecular formula is C14H16BrN3O3. The monoisotopic (exact) mass is 353 g/mol. The van der Waals surface area contributed by atoms with Crippen molar-refractivity contribution in [2.45, 2.75) is 33.3 Å². The van der Waals surface area contributed by atoms with E-state index in [0.29, 0.717) is 16.7 Å². The van der Waals surface area contributed by atoms with Crippen molar-refractivity contribution >= 4 is 44.7 Å². The second-order valence-corrected chi connectivity index (χ2v) is 6.51. The zero-order chi connectivity index (χ0) is 15.8. The number of ether oxygens (including phenoxy) is 1. The minimum absolute atomic E-state index is 0.224. The van der Waals surface area contributed by atoms with Crippen LogP contribution in [0.5, 0.6) is 0 Å². The summed E-state index contributed by atoms with van der Waals surface area (Å²) >= 11 is 3.33. The first-order valence-electron chi connectivity index (χ1n) is 6.35. The van der Waals surface area contributed by atoms with Crippen LogP contribution in [0.25, 0.3) is 11.0 Å². The van der Waals surface area contributed by atoms with Gasteiger partial charge in [0.05, 0.1) is 5.69 Å². The minimum Gasteiger partial charge on any atom is -0.443 e. The van der Waals surface area contributed by atoms with Crippen LogP contribution in [0.1, 0.15) is 27.7 Å². The third-order valence-corrected chi connectivity index (χ3v) is 2.94. The number of anilines is 1. The molecule has 2 rings (SSSR count). The second-order valence-electron chi connectivity index (χ2n) is 5.60. The van der Waals surface area contributed by atoms with Gasteiger partial charge in [-0.25, -0.2) is 14.3 Å². The molecular weight excluding hydrogens is 338 g/mol. The number of pyridine rings is 1. The summed E-state index contributed by atoms with van der Waals surface area (Å²) in [6.45, 7) is 6.77.